The number of carboxylic acids is 2. The molecule has 0 bridgehead atoms. The molecule has 0 aliphatic heterocycles. The summed E-state index contributed by atoms with van der Waals surface area (Å²) in [7, 11) is 0. The van der Waals surface area contributed by atoms with E-state index in [1.54, 1.807) is 12.2 Å². The Kier molecular flexibility index (Phi) is 6.02. The van der Waals surface area contributed by atoms with Gasteiger partial charge < -0.3 is 14.9 Å². The quantitative estimate of drug-likeness (QED) is 0.606. The van der Waals surface area contributed by atoms with Crippen molar-refractivity contribution in [3.63, 3.8) is 0 Å². The molecule has 0 saturated carbocycles. The van der Waals surface area contributed by atoms with Crippen LogP contribution in [0.4, 0.5) is 0 Å². The normalized spacial score (nSPS) is 18.3. The van der Waals surface area contributed by atoms with E-state index in [2.05, 4.69) is 18.8 Å². The van der Waals surface area contributed by atoms with E-state index >= 15 is 0 Å². The summed E-state index contributed by atoms with van der Waals surface area (Å²) >= 11 is 0. The van der Waals surface area contributed by atoms with Crippen LogP contribution in [-0.4, -0.2) is 27.8 Å². The molecule has 0 amide bonds. The minimum Gasteiger partial charge on any atom is -0.478 e. The number of hydrogen-bond acceptors (Lipinski definition) is 3. The van der Waals surface area contributed by atoms with Gasteiger partial charge in [-0.2, -0.15) is 0 Å². The van der Waals surface area contributed by atoms with E-state index in [1.165, 1.54) is 18.2 Å². The predicted molar refractivity (Wildman–Crippen MR) is 93.9 cm³/mol. The standard InChI is InChI=1S/C20H20O5/c1-2-3-4-6-12-20(13-7-5-8-14-20)25-17-15(18(21)22)10-9-11-16(17)19(23)24/h5,7-11,13H,2-4,14H2,1H3,(H,21,22)(H,23,24). The molecular formula is C20H20O5. The number of carboxylic acid groups (broad SMARTS) is 2. The van der Waals surface area contributed by atoms with E-state index in [-0.39, 0.29) is 16.9 Å². The van der Waals surface area contributed by atoms with Crippen molar-refractivity contribution in [1.29, 1.82) is 0 Å². The molecule has 0 aromatic heterocycles. The van der Waals surface area contributed by atoms with Crippen molar-refractivity contribution in [3.05, 3.63) is 53.6 Å². The summed E-state index contributed by atoms with van der Waals surface area (Å²) in [4.78, 5) is 23.0. The highest BCUT2D eigenvalue weighted by atomic mass is 16.5. The zero-order valence-electron chi connectivity index (χ0n) is 14.0. The maximum atomic E-state index is 11.5. The first-order chi connectivity index (χ1) is 12.0. The Labute approximate surface area is 146 Å². The number of benzene rings is 1. The Hall–Kier alpha value is -3.00. The first-order valence-electron chi connectivity index (χ1n) is 8.12. The maximum Gasteiger partial charge on any atom is 0.339 e. The molecule has 2 rings (SSSR count). The third kappa shape index (κ3) is 4.51. The van der Waals surface area contributed by atoms with Crippen molar-refractivity contribution in [2.45, 2.75) is 38.2 Å². The van der Waals surface area contributed by atoms with Gasteiger partial charge in [0, 0.05) is 12.8 Å². The van der Waals surface area contributed by atoms with Crippen LogP contribution >= 0.6 is 0 Å². The molecular weight excluding hydrogens is 320 g/mol. The summed E-state index contributed by atoms with van der Waals surface area (Å²) in [5, 5.41) is 18.8. The highest BCUT2D eigenvalue weighted by Crippen LogP contribution is 2.32. The fourth-order valence-electron chi connectivity index (χ4n) is 2.44. The van der Waals surface area contributed by atoms with Crippen LogP contribution in [-0.2, 0) is 0 Å². The number of ether oxygens (including phenoxy) is 1. The number of allylic oxidation sites excluding steroid dienone is 2. The average molecular weight is 340 g/mol. The Morgan fingerprint density at radius 2 is 1.88 bits per heavy atom. The molecule has 1 aromatic rings. The van der Waals surface area contributed by atoms with E-state index in [1.807, 2.05) is 12.2 Å². The lowest BCUT2D eigenvalue weighted by Crippen LogP contribution is -2.34. The summed E-state index contributed by atoms with van der Waals surface area (Å²) in [6, 6.07) is 4.03. The van der Waals surface area contributed by atoms with E-state index < -0.39 is 17.5 Å². The van der Waals surface area contributed by atoms with Crippen molar-refractivity contribution in [2.24, 2.45) is 0 Å². The van der Waals surface area contributed by atoms with Crippen LogP contribution < -0.4 is 4.74 Å². The molecule has 0 fully saturated rings. The Balaban J connectivity index is 2.47. The van der Waals surface area contributed by atoms with Crippen LogP contribution in [0.15, 0.2) is 42.5 Å². The number of aromatic carboxylic acids is 2. The summed E-state index contributed by atoms with van der Waals surface area (Å²) in [6.45, 7) is 2.07. The number of rotatable bonds is 6. The topological polar surface area (TPSA) is 83.8 Å². The van der Waals surface area contributed by atoms with E-state index in [0.717, 1.165) is 12.8 Å². The second-order valence-corrected chi connectivity index (χ2v) is 5.68. The largest absolute Gasteiger partial charge is 0.478 e. The highest BCUT2D eigenvalue weighted by molar-refractivity contribution is 5.98. The summed E-state index contributed by atoms with van der Waals surface area (Å²) in [5.41, 5.74) is -1.46. The molecule has 2 N–H and O–H groups in total. The van der Waals surface area contributed by atoms with Gasteiger partial charge in [0.1, 0.15) is 11.1 Å². The molecule has 5 nitrogen and oxygen atoms in total. The first kappa shape index (κ1) is 18.3. The Morgan fingerprint density at radius 1 is 1.20 bits per heavy atom. The number of para-hydroxylation sites is 1. The molecule has 130 valence electrons. The molecule has 1 aliphatic rings. The first-order valence-corrected chi connectivity index (χ1v) is 8.12. The van der Waals surface area contributed by atoms with Crippen molar-refractivity contribution >= 4 is 11.9 Å². The molecule has 0 saturated heterocycles. The Bertz CT molecular complexity index is 747. The minimum absolute atomic E-state index is 0.174. The van der Waals surface area contributed by atoms with Gasteiger partial charge in [-0.1, -0.05) is 49.5 Å². The minimum atomic E-state index is -1.25. The highest BCUT2D eigenvalue weighted by Gasteiger charge is 2.31. The van der Waals surface area contributed by atoms with Crippen molar-refractivity contribution in [1.82, 2.24) is 0 Å². The lowest BCUT2D eigenvalue weighted by Gasteiger charge is -2.28. The van der Waals surface area contributed by atoms with E-state index in [0.29, 0.717) is 12.8 Å². The van der Waals surface area contributed by atoms with Crippen LogP contribution in [0.2, 0.25) is 0 Å². The zero-order valence-corrected chi connectivity index (χ0v) is 14.0. The molecule has 0 heterocycles. The fraction of sp³-hybridized carbons (Fsp3) is 0.300. The van der Waals surface area contributed by atoms with E-state index in [4.69, 9.17) is 4.74 Å². The Morgan fingerprint density at radius 3 is 2.40 bits per heavy atom. The number of unbranched alkanes of at least 4 members (excludes halogenated alkanes) is 2. The molecule has 5 heteroatoms. The SMILES string of the molecule is CCCCC#CC1(Oc2c(C(=O)O)cccc2C(=O)O)C=CC=CC1. The van der Waals surface area contributed by atoms with Gasteiger partial charge in [-0.25, -0.2) is 9.59 Å². The van der Waals surface area contributed by atoms with Crippen LogP contribution in [0.1, 0.15) is 53.3 Å². The average Bonchev–Trinajstić information content (AvgIpc) is 2.59. The number of carbonyl (C=O) groups is 2. The maximum absolute atomic E-state index is 11.5. The van der Waals surface area contributed by atoms with Crippen molar-refractivity contribution in [2.75, 3.05) is 0 Å². The third-order valence-corrected chi connectivity index (χ3v) is 3.75. The van der Waals surface area contributed by atoms with Crippen LogP contribution in [0.5, 0.6) is 5.75 Å². The lowest BCUT2D eigenvalue weighted by atomic mass is 9.94. The summed E-state index contributed by atoms with van der Waals surface area (Å²) in [5.74, 6) is 3.44. The molecule has 0 radical (unpaired) electrons. The lowest BCUT2D eigenvalue weighted by molar-refractivity contribution is 0.0679. The predicted octanol–water partition coefficient (Wildman–Crippen LogP) is 3.91. The molecule has 1 aromatic carbocycles. The van der Waals surface area contributed by atoms with Gasteiger partial charge in [0.25, 0.3) is 0 Å². The fourth-order valence-corrected chi connectivity index (χ4v) is 2.44. The van der Waals surface area contributed by atoms with Gasteiger partial charge in [0.2, 0.25) is 0 Å². The van der Waals surface area contributed by atoms with Gasteiger partial charge in [-0.15, -0.1) is 0 Å². The van der Waals surface area contributed by atoms with Gasteiger partial charge >= 0.3 is 11.9 Å². The molecule has 1 aliphatic carbocycles. The second kappa shape index (κ2) is 8.20. The number of hydrogen-bond donors (Lipinski definition) is 2. The molecule has 25 heavy (non-hydrogen) atoms. The smallest absolute Gasteiger partial charge is 0.339 e. The summed E-state index contributed by atoms with van der Waals surface area (Å²) < 4.78 is 5.93. The van der Waals surface area contributed by atoms with Crippen LogP contribution in [0.3, 0.4) is 0 Å². The van der Waals surface area contributed by atoms with Gasteiger partial charge in [0.05, 0.1) is 0 Å². The molecule has 1 atom stereocenters. The van der Waals surface area contributed by atoms with Crippen molar-refractivity contribution in [3.8, 4) is 17.6 Å². The van der Waals surface area contributed by atoms with Gasteiger partial charge in [0.15, 0.2) is 11.4 Å². The van der Waals surface area contributed by atoms with Gasteiger partial charge in [-0.05, 0) is 24.6 Å². The molecule has 1 unspecified atom stereocenters. The zero-order chi connectivity index (χ0) is 18.3. The van der Waals surface area contributed by atoms with Crippen LogP contribution in [0.25, 0.3) is 0 Å². The monoisotopic (exact) mass is 340 g/mol. The third-order valence-electron chi connectivity index (χ3n) is 3.75. The van der Waals surface area contributed by atoms with Crippen LogP contribution in [0, 0.1) is 11.8 Å². The van der Waals surface area contributed by atoms with Crippen molar-refractivity contribution < 1.29 is 24.5 Å². The summed E-state index contributed by atoms with van der Waals surface area (Å²) in [6.07, 6.45) is 10.3. The van der Waals surface area contributed by atoms with Gasteiger partial charge in [-0.3, -0.25) is 0 Å². The second-order valence-electron chi connectivity index (χ2n) is 5.68. The van der Waals surface area contributed by atoms with E-state index in [9.17, 15) is 19.8 Å². The molecule has 0 spiro atoms.